The highest BCUT2D eigenvalue weighted by Crippen LogP contribution is 2.37. The van der Waals surface area contributed by atoms with Crippen molar-refractivity contribution in [2.24, 2.45) is 5.41 Å². The summed E-state index contributed by atoms with van der Waals surface area (Å²) in [6.45, 7) is 6.15. The van der Waals surface area contributed by atoms with Gasteiger partial charge in [-0.05, 0) is 43.0 Å². The Morgan fingerprint density at radius 2 is 1.95 bits per heavy atom. The van der Waals surface area contributed by atoms with E-state index in [9.17, 15) is 9.18 Å². The van der Waals surface area contributed by atoms with Crippen LogP contribution in [0.25, 0.3) is 5.69 Å². The Kier molecular flexibility index (Phi) is 3.21. The SMILES string of the molecule is Cc1cc2c(n1-c1ccc(F)c(Cl)c1)CC(C)(C)CC2=O. The highest BCUT2D eigenvalue weighted by molar-refractivity contribution is 6.30. The van der Waals surface area contributed by atoms with Crippen LogP contribution in [0.15, 0.2) is 24.3 Å². The third kappa shape index (κ3) is 2.40. The molecule has 1 aliphatic rings. The molecule has 0 atom stereocenters. The molecule has 0 bridgehead atoms. The van der Waals surface area contributed by atoms with E-state index < -0.39 is 5.82 Å². The second kappa shape index (κ2) is 4.70. The summed E-state index contributed by atoms with van der Waals surface area (Å²) in [6, 6.07) is 6.58. The van der Waals surface area contributed by atoms with Crippen LogP contribution < -0.4 is 0 Å². The molecular formula is C17H17ClFNO. The van der Waals surface area contributed by atoms with Gasteiger partial charge in [-0.25, -0.2) is 4.39 Å². The molecule has 0 aliphatic heterocycles. The molecule has 2 nitrogen and oxygen atoms in total. The molecule has 1 heterocycles. The standard InChI is InChI=1S/C17H17ClFNO/c1-10-6-12-15(8-17(2,3)9-16(12)21)20(10)11-4-5-14(19)13(18)7-11/h4-7H,8-9H2,1-3H3. The fourth-order valence-electron chi connectivity index (χ4n) is 3.14. The number of fused-ring (bicyclic) bond motifs is 1. The lowest BCUT2D eigenvalue weighted by atomic mass is 9.76. The van der Waals surface area contributed by atoms with Gasteiger partial charge in [0.05, 0.1) is 5.02 Å². The van der Waals surface area contributed by atoms with E-state index in [4.69, 9.17) is 11.6 Å². The minimum atomic E-state index is -0.435. The van der Waals surface area contributed by atoms with Crippen LogP contribution in [0, 0.1) is 18.2 Å². The third-order valence-corrected chi connectivity index (χ3v) is 4.32. The number of nitrogens with zero attached hydrogens (tertiary/aromatic N) is 1. The van der Waals surface area contributed by atoms with Crippen molar-refractivity contribution in [1.29, 1.82) is 0 Å². The van der Waals surface area contributed by atoms with Gasteiger partial charge in [0.2, 0.25) is 0 Å². The van der Waals surface area contributed by atoms with Crippen LogP contribution >= 0.6 is 11.6 Å². The lowest BCUT2D eigenvalue weighted by Gasteiger charge is -2.30. The molecule has 1 aliphatic carbocycles. The number of carbonyl (C=O) groups is 1. The highest BCUT2D eigenvalue weighted by Gasteiger charge is 2.34. The van der Waals surface area contributed by atoms with Crippen molar-refractivity contribution < 1.29 is 9.18 Å². The molecule has 4 heteroatoms. The maximum Gasteiger partial charge on any atom is 0.165 e. The second-order valence-electron chi connectivity index (χ2n) is 6.52. The molecule has 0 saturated carbocycles. The van der Waals surface area contributed by atoms with Crippen LogP contribution in [0.2, 0.25) is 5.02 Å². The zero-order valence-corrected chi connectivity index (χ0v) is 13.1. The summed E-state index contributed by atoms with van der Waals surface area (Å²) < 4.78 is 15.4. The van der Waals surface area contributed by atoms with Gasteiger partial charge in [-0.15, -0.1) is 0 Å². The normalized spacial score (nSPS) is 16.9. The Bertz CT molecular complexity index is 745. The first-order chi connectivity index (χ1) is 9.78. The first kappa shape index (κ1) is 14.3. The Morgan fingerprint density at radius 3 is 2.62 bits per heavy atom. The quantitative estimate of drug-likeness (QED) is 0.746. The predicted molar refractivity (Wildman–Crippen MR) is 81.9 cm³/mol. The van der Waals surface area contributed by atoms with Gasteiger partial charge < -0.3 is 4.57 Å². The maximum atomic E-state index is 13.4. The van der Waals surface area contributed by atoms with Gasteiger partial charge in [0.25, 0.3) is 0 Å². The van der Waals surface area contributed by atoms with Crippen molar-refractivity contribution in [3.8, 4) is 5.69 Å². The number of hydrogen-bond acceptors (Lipinski definition) is 1. The van der Waals surface area contributed by atoms with Crippen LogP contribution in [0.5, 0.6) is 0 Å². The van der Waals surface area contributed by atoms with Crippen LogP contribution in [-0.2, 0) is 6.42 Å². The number of benzene rings is 1. The summed E-state index contributed by atoms with van der Waals surface area (Å²) in [5, 5.41) is 0.0933. The third-order valence-electron chi connectivity index (χ3n) is 4.03. The first-order valence-electron chi connectivity index (χ1n) is 6.98. The van der Waals surface area contributed by atoms with Crippen molar-refractivity contribution in [2.45, 2.75) is 33.6 Å². The maximum absolute atomic E-state index is 13.4. The number of Topliss-reactive ketones (excluding diaryl/α,β-unsaturated/α-hetero) is 1. The smallest absolute Gasteiger partial charge is 0.165 e. The van der Waals surface area contributed by atoms with Crippen LogP contribution in [0.1, 0.15) is 42.0 Å². The van der Waals surface area contributed by atoms with Crippen LogP contribution in [0.3, 0.4) is 0 Å². The molecule has 0 spiro atoms. The fraction of sp³-hybridized carbons (Fsp3) is 0.353. The Labute approximate surface area is 128 Å². The zero-order chi connectivity index (χ0) is 15.4. The lowest BCUT2D eigenvalue weighted by molar-refractivity contribution is 0.0911. The van der Waals surface area contributed by atoms with Crippen molar-refractivity contribution in [1.82, 2.24) is 4.57 Å². The monoisotopic (exact) mass is 305 g/mol. The molecule has 3 rings (SSSR count). The number of rotatable bonds is 1. The van der Waals surface area contributed by atoms with Gasteiger partial charge in [0.15, 0.2) is 5.78 Å². The molecule has 0 radical (unpaired) electrons. The molecule has 2 aromatic rings. The zero-order valence-electron chi connectivity index (χ0n) is 12.3. The molecule has 21 heavy (non-hydrogen) atoms. The van der Waals surface area contributed by atoms with E-state index in [0.717, 1.165) is 29.1 Å². The largest absolute Gasteiger partial charge is 0.317 e. The minimum Gasteiger partial charge on any atom is -0.317 e. The number of aromatic nitrogens is 1. The number of aryl methyl sites for hydroxylation is 1. The molecule has 1 aromatic heterocycles. The van der Waals surface area contributed by atoms with E-state index in [0.29, 0.717) is 6.42 Å². The molecule has 0 saturated heterocycles. The Balaban J connectivity index is 2.20. The van der Waals surface area contributed by atoms with Gasteiger partial charge >= 0.3 is 0 Å². The van der Waals surface area contributed by atoms with E-state index in [1.165, 1.54) is 6.07 Å². The molecule has 1 aromatic carbocycles. The van der Waals surface area contributed by atoms with Crippen molar-refractivity contribution >= 4 is 17.4 Å². The lowest BCUT2D eigenvalue weighted by Crippen LogP contribution is -2.27. The summed E-state index contributed by atoms with van der Waals surface area (Å²) >= 11 is 5.90. The van der Waals surface area contributed by atoms with Crippen LogP contribution in [0.4, 0.5) is 4.39 Å². The van der Waals surface area contributed by atoms with E-state index in [2.05, 4.69) is 13.8 Å². The second-order valence-corrected chi connectivity index (χ2v) is 6.93. The molecular weight excluding hydrogens is 289 g/mol. The fourth-order valence-corrected chi connectivity index (χ4v) is 3.31. The van der Waals surface area contributed by atoms with Gasteiger partial charge in [-0.1, -0.05) is 25.4 Å². The van der Waals surface area contributed by atoms with Crippen molar-refractivity contribution in [3.05, 3.63) is 52.1 Å². The number of carbonyl (C=O) groups excluding carboxylic acids is 1. The molecule has 0 N–H and O–H groups in total. The van der Waals surface area contributed by atoms with E-state index in [-0.39, 0.29) is 16.2 Å². The number of ketones is 1. The molecule has 110 valence electrons. The average Bonchev–Trinajstić information content (AvgIpc) is 2.68. The number of halogens is 2. The van der Waals surface area contributed by atoms with E-state index in [1.807, 2.05) is 17.6 Å². The molecule has 0 amide bonds. The van der Waals surface area contributed by atoms with E-state index >= 15 is 0 Å². The van der Waals surface area contributed by atoms with Gasteiger partial charge in [-0.2, -0.15) is 0 Å². The minimum absolute atomic E-state index is 0.0591. The van der Waals surface area contributed by atoms with Gasteiger partial charge in [-0.3, -0.25) is 4.79 Å². The first-order valence-corrected chi connectivity index (χ1v) is 7.36. The summed E-state index contributed by atoms with van der Waals surface area (Å²) in [7, 11) is 0. The van der Waals surface area contributed by atoms with Crippen LogP contribution in [-0.4, -0.2) is 10.4 Å². The number of hydrogen-bond donors (Lipinski definition) is 0. The predicted octanol–water partition coefficient (Wildman–Crippen LogP) is 4.73. The molecule has 0 fully saturated rings. The summed E-state index contributed by atoms with van der Waals surface area (Å²) in [4.78, 5) is 12.3. The molecule has 0 unspecified atom stereocenters. The van der Waals surface area contributed by atoms with Gasteiger partial charge in [0, 0.05) is 29.1 Å². The average molecular weight is 306 g/mol. The summed E-state index contributed by atoms with van der Waals surface area (Å²) in [5.74, 6) is -0.258. The van der Waals surface area contributed by atoms with Gasteiger partial charge in [0.1, 0.15) is 5.82 Å². The summed E-state index contributed by atoms with van der Waals surface area (Å²) in [6.07, 6.45) is 1.38. The summed E-state index contributed by atoms with van der Waals surface area (Å²) in [5.41, 5.74) is 3.49. The Hall–Kier alpha value is -1.61. The Morgan fingerprint density at radius 1 is 1.24 bits per heavy atom. The van der Waals surface area contributed by atoms with Crippen molar-refractivity contribution in [2.75, 3.05) is 0 Å². The topological polar surface area (TPSA) is 22.0 Å². The highest BCUT2D eigenvalue weighted by atomic mass is 35.5. The van der Waals surface area contributed by atoms with E-state index in [1.54, 1.807) is 12.1 Å². The van der Waals surface area contributed by atoms with Crippen molar-refractivity contribution in [3.63, 3.8) is 0 Å².